The molecule has 0 radical (unpaired) electrons. The van der Waals surface area contributed by atoms with E-state index < -0.39 is 58.9 Å². The van der Waals surface area contributed by atoms with Crippen molar-refractivity contribution in [1.82, 2.24) is 36.1 Å². The molecule has 2 saturated carbocycles. The van der Waals surface area contributed by atoms with Crippen molar-refractivity contribution >= 4 is 35.3 Å². The van der Waals surface area contributed by atoms with Gasteiger partial charge in [-0.1, -0.05) is 65.9 Å². The Balaban J connectivity index is 1.56. The van der Waals surface area contributed by atoms with Gasteiger partial charge < -0.3 is 26.2 Å². The zero-order valence-electron chi connectivity index (χ0n) is 30.8. The smallest absolute Gasteiger partial charge is 0.289 e. The van der Waals surface area contributed by atoms with Crippen LogP contribution >= 0.6 is 0 Å². The third kappa shape index (κ3) is 12.2. The highest BCUT2D eigenvalue weighted by atomic mass is 16.2. The summed E-state index contributed by atoms with van der Waals surface area (Å²) in [5.74, 6) is -3.26. The number of amides is 5. The van der Waals surface area contributed by atoms with E-state index >= 15 is 0 Å². The Bertz CT molecular complexity index is 1410. The summed E-state index contributed by atoms with van der Waals surface area (Å²) in [6.07, 6.45) is 18.1. The summed E-state index contributed by atoms with van der Waals surface area (Å²) in [6, 6.07) is -3.07. The van der Waals surface area contributed by atoms with E-state index in [2.05, 4.69) is 31.2 Å². The van der Waals surface area contributed by atoms with Crippen LogP contribution in [0.3, 0.4) is 0 Å². The van der Waals surface area contributed by atoms with Gasteiger partial charge >= 0.3 is 0 Å². The number of ketones is 1. The summed E-state index contributed by atoms with van der Waals surface area (Å²) >= 11 is 0. The van der Waals surface area contributed by atoms with Gasteiger partial charge in [-0.05, 0) is 74.7 Å². The van der Waals surface area contributed by atoms with E-state index in [-0.39, 0.29) is 30.6 Å². The molecule has 0 aromatic carbocycles. The number of carbonyl (C=O) groups is 6. The van der Waals surface area contributed by atoms with Gasteiger partial charge in [0, 0.05) is 25.0 Å². The maximum absolute atomic E-state index is 14.6. The van der Waals surface area contributed by atoms with Crippen LogP contribution in [0, 0.1) is 11.3 Å². The van der Waals surface area contributed by atoms with Gasteiger partial charge in [-0.15, -0.1) is 0 Å². The van der Waals surface area contributed by atoms with Crippen LogP contribution in [0.5, 0.6) is 0 Å². The van der Waals surface area contributed by atoms with E-state index in [1.165, 1.54) is 23.5 Å². The van der Waals surface area contributed by atoms with E-state index in [1.54, 1.807) is 0 Å². The van der Waals surface area contributed by atoms with E-state index in [1.807, 2.05) is 33.8 Å². The van der Waals surface area contributed by atoms with Crippen LogP contribution in [0.1, 0.15) is 128 Å². The van der Waals surface area contributed by atoms with Crippen molar-refractivity contribution in [2.75, 3.05) is 13.1 Å². The minimum atomic E-state index is -1.04. The summed E-state index contributed by atoms with van der Waals surface area (Å²) in [5, 5.41) is 11.3. The fourth-order valence-corrected chi connectivity index (χ4v) is 6.83. The highest BCUT2D eigenvalue weighted by Crippen LogP contribution is 2.27. The lowest BCUT2D eigenvalue weighted by Gasteiger charge is -2.37. The molecule has 3 atom stereocenters. The van der Waals surface area contributed by atoms with Gasteiger partial charge in [-0.2, -0.15) is 0 Å². The van der Waals surface area contributed by atoms with Crippen molar-refractivity contribution in [3.05, 3.63) is 35.9 Å². The molecular formula is C38H57N7O6. The fourth-order valence-electron chi connectivity index (χ4n) is 6.83. The van der Waals surface area contributed by atoms with Gasteiger partial charge in [-0.3, -0.25) is 33.8 Å². The monoisotopic (exact) mass is 707 g/mol. The average Bonchev–Trinajstić information content (AvgIpc) is 3.96. The standard InChI is InChI=1S/C38H57N7O6/c1-5-13-28(32(47)36(50)41-27-18-19-27)42-30(46)24-45(23-25-14-9-6-7-10-15-25)37(51)33(38(2,3)4)44-35(49)31(26-16-11-8-12-17-26)43-34(48)29-22-39-20-21-40-29/h16,20-22,25,27-28,31,33H,5-15,17-19,23-24H2,1-4H3,(H,41,50)(H,42,46)(H,43,48)(H,44,49)/t28-,31-,33?/m0/s1. The molecule has 4 rings (SSSR count). The van der Waals surface area contributed by atoms with Gasteiger partial charge in [-0.25, -0.2) is 4.98 Å². The molecule has 0 bridgehead atoms. The lowest BCUT2D eigenvalue weighted by Crippen LogP contribution is -2.60. The second kappa shape index (κ2) is 18.9. The van der Waals surface area contributed by atoms with Crippen molar-refractivity contribution in [2.45, 2.75) is 142 Å². The molecule has 1 aromatic heterocycles. The molecule has 2 fully saturated rings. The van der Waals surface area contributed by atoms with E-state index in [9.17, 15) is 28.8 Å². The molecule has 0 saturated heterocycles. The Morgan fingerprint density at radius 1 is 0.902 bits per heavy atom. The molecule has 5 amide bonds. The topological polar surface area (TPSA) is 180 Å². The van der Waals surface area contributed by atoms with E-state index in [0.717, 1.165) is 76.2 Å². The van der Waals surface area contributed by atoms with Gasteiger partial charge in [0.1, 0.15) is 17.8 Å². The first kappa shape index (κ1) is 39.6. The zero-order valence-corrected chi connectivity index (χ0v) is 30.8. The number of hydrogen-bond acceptors (Lipinski definition) is 8. The second-order valence-electron chi connectivity index (χ2n) is 15.4. The Morgan fingerprint density at radius 3 is 2.22 bits per heavy atom. The van der Waals surface area contributed by atoms with Crippen molar-refractivity contribution in [2.24, 2.45) is 11.3 Å². The van der Waals surface area contributed by atoms with Gasteiger partial charge in [0.2, 0.25) is 23.5 Å². The summed E-state index contributed by atoms with van der Waals surface area (Å²) in [5.41, 5.74) is 0.0659. The van der Waals surface area contributed by atoms with Crippen LogP contribution in [0.25, 0.3) is 0 Å². The predicted octanol–water partition coefficient (Wildman–Crippen LogP) is 3.54. The number of nitrogens with zero attached hydrogens (tertiary/aromatic N) is 3. The third-order valence-electron chi connectivity index (χ3n) is 9.89. The number of carbonyl (C=O) groups excluding carboxylic acids is 6. The Morgan fingerprint density at radius 2 is 1.63 bits per heavy atom. The number of aromatic nitrogens is 2. The molecule has 0 aliphatic heterocycles. The fraction of sp³-hybridized carbons (Fsp3) is 0.684. The summed E-state index contributed by atoms with van der Waals surface area (Å²) in [7, 11) is 0. The number of nitrogens with one attached hydrogen (secondary N) is 4. The molecule has 0 spiro atoms. The van der Waals surface area contributed by atoms with Gasteiger partial charge in [0.25, 0.3) is 11.8 Å². The molecule has 13 nitrogen and oxygen atoms in total. The predicted molar refractivity (Wildman–Crippen MR) is 192 cm³/mol. The average molecular weight is 708 g/mol. The number of rotatable bonds is 16. The first-order valence-electron chi connectivity index (χ1n) is 18.9. The molecule has 3 aliphatic carbocycles. The summed E-state index contributed by atoms with van der Waals surface area (Å²) in [6.45, 7) is 7.41. The molecule has 51 heavy (non-hydrogen) atoms. The second-order valence-corrected chi connectivity index (χ2v) is 15.4. The van der Waals surface area contributed by atoms with Crippen LogP contribution in [-0.2, 0) is 24.0 Å². The number of allylic oxidation sites excluding steroid dienone is 1. The Labute approximate surface area is 302 Å². The summed E-state index contributed by atoms with van der Waals surface area (Å²) in [4.78, 5) is 90.8. The minimum Gasteiger partial charge on any atom is -0.347 e. The maximum Gasteiger partial charge on any atom is 0.289 e. The quantitative estimate of drug-likeness (QED) is 0.114. The van der Waals surface area contributed by atoms with Crippen molar-refractivity contribution in [3.63, 3.8) is 0 Å². The molecule has 280 valence electrons. The third-order valence-corrected chi connectivity index (χ3v) is 9.89. The Hall–Kier alpha value is -4.16. The lowest BCUT2D eigenvalue weighted by atomic mass is 9.84. The van der Waals surface area contributed by atoms with Crippen molar-refractivity contribution in [1.29, 1.82) is 0 Å². The SMILES string of the molecule is CCC[C@H](NC(=O)CN(CC1CCCCCC1)C(=O)C(NC(=O)[C@@H](NC(=O)c1cnccn1)C1=CCCCC1)C(C)(C)C)C(=O)C(=O)NC1CC1. The normalized spacial score (nSPS) is 18.5. The number of hydrogen-bond donors (Lipinski definition) is 4. The molecule has 4 N–H and O–H groups in total. The Kier molecular flexibility index (Phi) is 14.7. The van der Waals surface area contributed by atoms with Gasteiger partial charge in [0.05, 0.1) is 18.8 Å². The highest BCUT2D eigenvalue weighted by Gasteiger charge is 2.40. The maximum atomic E-state index is 14.6. The largest absolute Gasteiger partial charge is 0.347 e. The molecule has 3 aliphatic rings. The molecule has 1 unspecified atom stereocenters. The van der Waals surface area contributed by atoms with Crippen molar-refractivity contribution < 1.29 is 28.8 Å². The van der Waals surface area contributed by atoms with Crippen LogP contribution in [0.15, 0.2) is 30.2 Å². The van der Waals surface area contributed by atoms with Gasteiger partial charge in [0.15, 0.2) is 0 Å². The zero-order chi connectivity index (χ0) is 37.0. The van der Waals surface area contributed by atoms with Crippen LogP contribution in [0.2, 0.25) is 0 Å². The van der Waals surface area contributed by atoms with Crippen LogP contribution < -0.4 is 21.3 Å². The molecular weight excluding hydrogens is 650 g/mol. The molecule has 1 aromatic rings. The van der Waals surface area contributed by atoms with Crippen LogP contribution in [0.4, 0.5) is 0 Å². The molecule has 13 heteroatoms. The summed E-state index contributed by atoms with van der Waals surface area (Å²) < 4.78 is 0. The molecule has 1 heterocycles. The minimum absolute atomic E-state index is 0.00555. The van der Waals surface area contributed by atoms with Crippen LogP contribution in [-0.4, -0.2) is 87.4 Å². The van der Waals surface area contributed by atoms with E-state index in [4.69, 9.17) is 0 Å². The first-order chi connectivity index (χ1) is 24.4. The number of Topliss-reactive ketones (excluding diaryl/α,β-unsaturated/α-hetero) is 1. The lowest BCUT2D eigenvalue weighted by molar-refractivity contribution is -0.144. The van der Waals surface area contributed by atoms with Crippen molar-refractivity contribution in [3.8, 4) is 0 Å². The first-order valence-corrected chi connectivity index (χ1v) is 18.9. The highest BCUT2D eigenvalue weighted by molar-refractivity contribution is 6.38. The van der Waals surface area contributed by atoms with E-state index in [0.29, 0.717) is 19.4 Å².